The maximum absolute atomic E-state index is 3.92. The topological polar surface area (TPSA) is 6.48 Å². The van der Waals surface area contributed by atoms with Gasteiger partial charge in [-0.1, -0.05) is 13.5 Å². The van der Waals surface area contributed by atoms with Gasteiger partial charge in [0.2, 0.25) is 0 Å². The maximum atomic E-state index is 3.92. The molecule has 0 fully saturated rings. The zero-order chi connectivity index (χ0) is 8.15. The third kappa shape index (κ3) is 2.76. The first-order chi connectivity index (χ1) is 4.59. The van der Waals surface area contributed by atoms with Crippen LogP contribution in [-0.2, 0) is 0 Å². The molecule has 10 heavy (non-hydrogen) atoms. The predicted molar refractivity (Wildman–Crippen MR) is 45.7 cm³/mol. The highest BCUT2D eigenvalue weighted by atomic mass is 15.3. The molecule has 0 radical (unpaired) electrons. The summed E-state index contributed by atoms with van der Waals surface area (Å²) in [5.74, 6) is 1.07. The molecule has 0 bridgehead atoms. The first kappa shape index (κ1) is 9.34. The van der Waals surface area contributed by atoms with Crippen LogP contribution in [-0.4, -0.2) is 37.5 Å². The van der Waals surface area contributed by atoms with E-state index < -0.39 is 0 Å². The molecule has 0 N–H and O–H groups in total. The molecule has 0 aromatic carbocycles. The van der Waals surface area contributed by atoms with Gasteiger partial charge in [0.05, 0.1) is 5.82 Å². The number of nitrogens with zero attached hydrogens (tertiary/aromatic N) is 2. The third-order valence-corrected chi connectivity index (χ3v) is 1.52. The molecule has 0 atom stereocenters. The van der Waals surface area contributed by atoms with Crippen LogP contribution >= 0.6 is 0 Å². The summed E-state index contributed by atoms with van der Waals surface area (Å²) in [4.78, 5) is 4.18. The summed E-state index contributed by atoms with van der Waals surface area (Å²) >= 11 is 0. The van der Waals surface area contributed by atoms with Gasteiger partial charge < -0.3 is 9.80 Å². The lowest BCUT2D eigenvalue weighted by Crippen LogP contribution is -2.27. The van der Waals surface area contributed by atoms with Gasteiger partial charge in [-0.05, 0) is 6.42 Å². The molecule has 0 amide bonds. The van der Waals surface area contributed by atoms with Crippen molar-refractivity contribution in [1.29, 1.82) is 0 Å². The standard InChI is InChI=1S/C8H18N2/c1-6-7-10(5)8(2)9(3)4/h2,6-7H2,1,3-5H3. The maximum Gasteiger partial charge on any atom is 0.0957 e. The van der Waals surface area contributed by atoms with E-state index in [2.05, 4.69) is 25.5 Å². The van der Waals surface area contributed by atoms with Gasteiger partial charge in [-0.2, -0.15) is 0 Å². The van der Waals surface area contributed by atoms with Crippen molar-refractivity contribution >= 4 is 0 Å². The first-order valence-electron chi connectivity index (χ1n) is 3.67. The number of hydrogen-bond acceptors (Lipinski definition) is 2. The molecule has 0 aliphatic rings. The molecule has 2 heteroatoms. The lowest BCUT2D eigenvalue weighted by molar-refractivity contribution is 0.302. The average Bonchev–Trinajstić information content (AvgIpc) is 1.87. The highest BCUT2D eigenvalue weighted by Gasteiger charge is 2.00. The van der Waals surface area contributed by atoms with Crippen LogP contribution in [0.5, 0.6) is 0 Å². The van der Waals surface area contributed by atoms with Crippen molar-refractivity contribution < 1.29 is 0 Å². The minimum absolute atomic E-state index is 1.07. The zero-order valence-corrected chi connectivity index (χ0v) is 7.52. The van der Waals surface area contributed by atoms with Crippen LogP contribution in [0.25, 0.3) is 0 Å². The second-order valence-electron chi connectivity index (χ2n) is 2.73. The highest BCUT2D eigenvalue weighted by molar-refractivity contribution is 4.88. The Balaban J connectivity index is 3.71. The van der Waals surface area contributed by atoms with E-state index in [1.54, 1.807) is 0 Å². The van der Waals surface area contributed by atoms with Crippen molar-refractivity contribution in [2.24, 2.45) is 0 Å². The Hall–Kier alpha value is -0.660. The van der Waals surface area contributed by atoms with Crippen molar-refractivity contribution in [2.75, 3.05) is 27.7 Å². The van der Waals surface area contributed by atoms with E-state index >= 15 is 0 Å². The lowest BCUT2D eigenvalue weighted by atomic mass is 10.4. The summed E-state index contributed by atoms with van der Waals surface area (Å²) in [5, 5.41) is 0. The van der Waals surface area contributed by atoms with Crippen LogP contribution < -0.4 is 0 Å². The van der Waals surface area contributed by atoms with E-state index in [0.717, 1.165) is 12.4 Å². The molecular weight excluding hydrogens is 124 g/mol. The van der Waals surface area contributed by atoms with Crippen molar-refractivity contribution in [3.8, 4) is 0 Å². The molecule has 0 saturated heterocycles. The third-order valence-electron chi connectivity index (χ3n) is 1.52. The fraction of sp³-hybridized carbons (Fsp3) is 0.750. The van der Waals surface area contributed by atoms with Crippen LogP contribution in [0.3, 0.4) is 0 Å². The van der Waals surface area contributed by atoms with Crippen molar-refractivity contribution in [3.63, 3.8) is 0 Å². The smallest absolute Gasteiger partial charge is 0.0957 e. The molecule has 0 saturated carbocycles. The molecule has 0 aromatic rings. The van der Waals surface area contributed by atoms with Gasteiger partial charge in [0.1, 0.15) is 0 Å². The minimum atomic E-state index is 1.07. The Kier molecular flexibility index (Phi) is 3.93. The van der Waals surface area contributed by atoms with E-state index in [0.29, 0.717) is 0 Å². The summed E-state index contributed by atoms with van der Waals surface area (Å²) in [6, 6.07) is 0. The Morgan fingerprint density at radius 1 is 1.30 bits per heavy atom. The zero-order valence-electron chi connectivity index (χ0n) is 7.52. The molecule has 0 aliphatic heterocycles. The SMILES string of the molecule is C=C(N(C)C)N(C)CCC. The van der Waals surface area contributed by atoms with Crippen LogP contribution in [0, 0.1) is 0 Å². The largest absolute Gasteiger partial charge is 0.365 e. The van der Waals surface area contributed by atoms with Crippen LogP contribution in [0.2, 0.25) is 0 Å². The van der Waals surface area contributed by atoms with Crippen molar-refractivity contribution in [2.45, 2.75) is 13.3 Å². The second kappa shape index (κ2) is 4.20. The number of hydrogen-bond donors (Lipinski definition) is 0. The van der Waals surface area contributed by atoms with Crippen molar-refractivity contribution in [1.82, 2.24) is 9.80 Å². The molecule has 0 aromatic heterocycles. The average molecular weight is 142 g/mol. The van der Waals surface area contributed by atoms with E-state index in [9.17, 15) is 0 Å². The van der Waals surface area contributed by atoms with Crippen LogP contribution in [0.1, 0.15) is 13.3 Å². The monoisotopic (exact) mass is 142 g/mol. The van der Waals surface area contributed by atoms with Gasteiger partial charge in [-0.3, -0.25) is 0 Å². The van der Waals surface area contributed by atoms with E-state index in [4.69, 9.17) is 0 Å². The molecule has 60 valence electrons. The molecule has 0 spiro atoms. The molecule has 0 heterocycles. The molecule has 2 nitrogen and oxygen atoms in total. The Bertz CT molecular complexity index is 108. The normalized spacial score (nSPS) is 9.20. The summed E-state index contributed by atoms with van der Waals surface area (Å²) in [5.41, 5.74) is 0. The van der Waals surface area contributed by atoms with Crippen LogP contribution in [0.15, 0.2) is 12.4 Å². The Labute approximate surface area is 64.1 Å². The van der Waals surface area contributed by atoms with Gasteiger partial charge in [-0.25, -0.2) is 0 Å². The molecule has 0 unspecified atom stereocenters. The summed E-state index contributed by atoms with van der Waals surface area (Å²) in [6.45, 7) is 7.17. The highest BCUT2D eigenvalue weighted by Crippen LogP contribution is 2.00. The lowest BCUT2D eigenvalue weighted by Gasteiger charge is -2.26. The van der Waals surface area contributed by atoms with E-state index in [1.807, 2.05) is 19.0 Å². The van der Waals surface area contributed by atoms with Crippen LogP contribution in [0.4, 0.5) is 0 Å². The van der Waals surface area contributed by atoms with E-state index in [-0.39, 0.29) is 0 Å². The summed E-state index contributed by atoms with van der Waals surface area (Å²) < 4.78 is 0. The fourth-order valence-corrected chi connectivity index (χ4v) is 0.806. The van der Waals surface area contributed by atoms with Gasteiger partial charge in [0.25, 0.3) is 0 Å². The first-order valence-corrected chi connectivity index (χ1v) is 3.67. The fourth-order valence-electron chi connectivity index (χ4n) is 0.806. The van der Waals surface area contributed by atoms with Gasteiger partial charge in [0.15, 0.2) is 0 Å². The van der Waals surface area contributed by atoms with E-state index in [1.165, 1.54) is 6.42 Å². The number of rotatable bonds is 4. The minimum Gasteiger partial charge on any atom is -0.365 e. The van der Waals surface area contributed by atoms with Gasteiger partial charge >= 0.3 is 0 Å². The Morgan fingerprint density at radius 3 is 2.10 bits per heavy atom. The molecule has 0 aliphatic carbocycles. The molecule has 0 rings (SSSR count). The summed E-state index contributed by atoms with van der Waals surface area (Å²) in [6.07, 6.45) is 1.17. The predicted octanol–water partition coefficient (Wildman–Crippen LogP) is 1.36. The molecular formula is C8H18N2. The van der Waals surface area contributed by atoms with Crippen molar-refractivity contribution in [3.05, 3.63) is 12.4 Å². The Morgan fingerprint density at radius 2 is 1.80 bits per heavy atom. The quantitative estimate of drug-likeness (QED) is 0.585. The summed E-state index contributed by atoms with van der Waals surface area (Å²) in [7, 11) is 6.08. The van der Waals surface area contributed by atoms with Gasteiger partial charge in [-0.15, -0.1) is 0 Å². The van der Waals surface area contributed by atoms with Gasteiger partial charge in [0, 0.05) is 27.7 Å². The second-order valence-corrected chi connectivity index (χ2v) is 2.73.